The van der Waals surface area contributed by atoms with E-state index in [2.05, 4.69) is 15.3 Å². The minimum Gasteiger partial charge on any atom is -0.434 e. The largest absolute Gasteiger partial charge is 0.434 e. The number of carbonyl (C=O) groups excluding carboxylic acids is 1. The summed E-state index contributed by atoms with van der Waals surface area (Å²) in [7, 11) is 1.71. The van der Waals surface area contributed by atoms with Crippen molar-refractivity contribution in [1.29, 1.82) is 0 Å². The molecular formula is C31H29F4N7O2. The number of rotatable bonds is 4. The minimum atomic E-state index is -3.03. The highest BCUT2D eigenvalue weighted by Crippen LogP contribution is 2.54. The Kier molecular flexibility index (Phi) is 5.97. The number of piperidine rings is 1. The van der Waals surface area contributed by atoms with Gasteiger partial charge in [0.05, 0.1) is 29.2 Å². The monoisotopic (exact) mass is 607 g/mol. The Morgan fingerprint density at radius 2 is 1.82 bits per heavy atom. The van der Waals surface area contributed by atoms with Crippen LogP contribution in [0.25, 0.3) is 16.6 Å². The van der Waals surface area contributed by atoms with Crippen molar-refractivity contribution in [3.63, 3.8) is 0 Å². The van der Waals surface area contributed by atoms with Gasteiger partial charge in [0.2, 0.25) is 5.95 Å². The molecule has 1 N–H and O–H groups in total. The number of alkyl halides is 4. The highest BCUT2D eigenvalue weighted by atomic mass is 19.3. The van der Waals surface area contributed by atoms with Crippen LogP contribution in [0.4, 0.5) is 23.5 Å². The van der Waals surface area contributed by atoms with Crippen molar-refractivity contribution < 1.29 is 27.1 Å². The number of nitrogens with zero attached hydrogens (tertiary/aromatic N) is 6. The molecule has 4 aliphatic rings. The standard InChI is InChI=1S/C31H29F4N7O2/c1-40-22-12-20(24-19(27(40)43)3-2-4-23(24)44-28(32)33)25-21-11-17(5-8-42(21)39-26(22)25)18-13-37-29(38-14-18)41-9-6-30(7-10-41)15-36-16-31(30,34)35/h2-5,8,11,13-14,20,22,28,36H,6-7,9-10,12,15-16H2,1H3. The average molecular weight is 608 g/mol. The zero-order chi connectivity index (χ0) is 30.4. The lowest BCUT2D eigenvalue weighted by Gasteiger charge is -2.41. The van der Waals surface area contributed by atoms with Crippen LogP contribution in [-0.4, -0.2) is 76.1 Å². The SMILES string of the molecule is CN1C(=O)c2cccc(OC(F)F)c2C2CC1c1nn3ccc(-c4cnc(N5CCC6(CC5)CNCC6(F)F)nc4)cc3c12. The Bertz CT molecular complexity index is 1790. The van der Waals surface area contributed by atoms with Gasteiger partial charge in [0, 0.05) is 73.4 Å². The molecule has 0 radical (unpaired) electrons. The topological polar surface area (TPSA) is 87.9 Å². The predicted molar refractivity (Wildman–Crippen MR) is 152 cm³/mol. The Hall–Kier alpha value is -4.26. The van der Waals surface area contributed by atoms with E-state index in [1.807, 2.05) is 23.2 Å². The van der Waals surface area contributed by atoms with Crippen molar-refractivity contribution in [2.75, 3.05) is 38.1 Å². The quantitative estimate of drug-likeness (QED) is 0.331. The molecule has 3 aliphatic heterocycles. The second-order valence-electron chi connectivity index (χ2n) is 12.2. The molecule has 3 aromatic heterocycles. The molecule has 2 bridgehead atoms. The van der Waals surface area contributed by atoms with E-state index in [0.29, 0.717) is 56.0 Å². The van der Waals surface area contributed by atoms with Gasteiger partial charge in [0.1, 0.15) is 5.75 Å². The molecule has 2 unspecified atom stereocenters. The van der Waals surface area contributed by atoms with Gasteiger partial charge < -0.3 is 19.9 Å². The van der Waals surface area contributed by atoms with E-state index >= 15 is 0 Å². The fourth-order valence-corrected chi connectivity index (χ4v) is 7.63. The molecular weight excluding hydrogens is 578 g/mol. The number of anilines is 1. The summed E-state index contributed by atoms with van der Waals surface area (Å²) in [6.07, 6.45) is 6.52. The van der Waals surface area contributed by atoms with Gasteiger partial charge in [-0.2, -0.15) is 13.9 Å². The molecule has 4 aromatic rings. The van der Waals surface area contributed by atoms with Crippen LogP contribution in [-0.2, 0) is 0 Å². The highest BCUT2D eigenvalue weighted by molar-refractivity contribution is 5.98. The summed E-state index contributed by atoms with van der Waals surface area (Å²) in [6.45, 7) is -2.05. The van der Waals surface area contributed by atoms with Crippen molar-refractivity contribution in [2.45, 2.75) is 43.8 Å². The van der Waals surface area contributed by atoms with Crippen LogP contribution >= 0.6 is 0 Å². The van der Waals surface area contributed by atoms with Gasteiger partial charge in [-0.1, -0.05) is 6.07 Å². The minimum absolute atomic E-state index is 0.00575. The first-order valence-electron chi connectivity index (χ1n) is 14.7. The first kappa shape index (κ1) is 27.3. The fraction of sp³-hybridized carbons (Fsp3) is 0.419. The number of pyridine rings is 1. The number of fused-ring (bicyclic) bond motifs is 9. The van der Waals surface area contributed by atoms with E-state index in [4.69, 9.17) is 9.84 Å². The highest BCUT2D eigenvalue weighted by Gasteiger charge is 2.57. The summed E-state index contributed by atoms with van der Waals surface area (Å²) in [5, 5.41) is 7.67. The van der Waals surface area contributed by atoms with E-state index in [-0.39, 0.29) is 30.2 Å². The first-order valence-corrected chi connectivity index (χ1v) is 14.7. The van der Waals surface area contributed by atoms with Crippen molar-refractivity contribution in [3.05, 3.63) is 71.3 Å². The van der Waals surface area contributed by atoms with Gasteiger partial charge in [-0.25, -0.2) is 23.3 Å². The Labute approximate surface area is 249 Å². The van der Waals surface area contributed by atoms with Crippen LogP contribution in [0.2, 0.25) is 0 Å². The van der Waals surface area contributed by atoms with Crippen LogP contribution in [0.5, 0.6) is 5.75 Å². The Morgan fingerprint density at radius 1 is 1.05 bits per heavy atom. The van der Waals surface area contributed by atoms with E-state index in [1.54, 1.807) is 41.0 Å². The number of amides is 1. The van der Waals surface area contributed by atoms with Crippen molar-refractivity contribution >= 4 is 17.4 Å². The van der Waals surface area contributed by atoms with Crippen LogP contribution in [0.3, 0.4) is 0 Å². The van der Waals surface area contributed by atoms with Crippen LogP contribution in [0.15, 0.2) is 48.9 Å². The molecule has 6 heterocycles. The van der Waals surface area contributed by atoms with Crippen molar-refractivity contribution in [3.8, 4) is 16.9 Å². The molecule has 228 valence electrons. The van der Waals surface area contributed by atoms with Crippen LogP contribution in [0, 0.1) is 5.41 Å². The van der Waals surface area contributed by atoms with Crippen LogP contribution in [0.1, 0.15) is 58.4 Å². The third kappa shape index (κ3) is 3.94. The summed E-state index contributed by atoms with van der Waals surface area (Å²) in [5.74, 6) is -2.84. The summed E-state index contributed by atoms with van der Waals surface area (Å²) in [6, 6.07) is 8.24. The van der Waals surface area contributed by atoms with Gasteiger partial charge in [-0.05, 0) is 49.1 Å². The molecule has 2 atom stereocenters. The summed E-state index contributed by atoms with van der Waals surface area (Å²) < 4.78 is 62.5. The number of benzene rings is 1. The Balaban J connectivity index is 1.12. The lowest BCUT2D eigenvalue weighted by Crippen LogP contribution is -2.49. The normalized spacial score (nSPS) is 23.4. The number of hydrogen-bond acceptors (Lipinski definition) is 7. The summed E-state index contributed by atoms with van der Waals surface area (Å²) >= 11 is 0. The molecule has 2 saturated heterocycles. The summed E-state index contributed by atoms with van der Waals surface area (Å²) in [4.78, 5) is 26.1. The van der Waals surface area contributed by atoms with E-state index in [0.717, 1.165) is 27.9 Å². The average Bonchev–Trinajstić information content (AvgIpc) is 3.63. The molecule has 0 saturated carbocycles. The molecule has 13 heteroatoms. The maximum Gasteiger partial charge on any atom is 0.387 e. The van der Waals surface area contributed by atoms with Gasteiger partial charge >= 0.3 is 6.61 Å². The van der Waals surface area contributed by atoms with Gasteiger partial charge in [0.25, 0.3) is 11.8 Å². The lowest BCUT2D eigenvalue weighted by atomic mass is 9.75. The smallest absolute Gasteiger partial charge is 0.387 e. The zero-order valence-corrected chi connectivity index (χ0v) is 23.8. The van der Waals surface area contributed by atoms with Gasteiger partial charge in [-0.3, -0.25) is 4.79 Å². The number of nitrogens with one attached hydrogen (secondary N) is 1. The number of aromatic nitrogens is 4. The molecule has 2 fully saturated rings. The predicted octanol–water partition coefficient (Wildman–Crippen LogP) is 4.88. The van der Waals surface area contributed by atoms with Gasteiger partial charge in [0.15, 0.2) is 0 Å². The molecule has 1 aromatic carbocycles. The molecule has 44 heavy (non-hydrogen) atoms. The lowest BCUT2D eigenvalue weighted by molar-refractivity contribution is -0.0941. The maximum atomic E-state index is 14.5. The zero-order valence-electron chi connectivity index (χ0n) is 23.8. The number of carbonyl (C=O) groups is 1. The molecule has 8 rings (SSSR count). The first-order chi connectivity index (χ1) is 21.2. The third-order valence-corrected chi connectivity index (χ3v) is 10.0. The molecule has 9 nitrogen and oxygen atoms in total. The molecule has 1 spiro atoms. The third-order valence-electron chi connectivity index (χ3n) is 10.0. The van der Waals surface area contributed by atoms with Crippen molar-refractivity contribution in [1.82, 2.24) is 29.8 Å². The number of hydrogen-bond donors (Lipinski definition) is 1. The van der Waals surface area contributed by atoms with Crippen molar-refractivity contribution in [2.24, 2.45) is 5.41 Å². The summed E-state index contributed by atoms with van der Waals surface area (Å²) in [5.41, 5.74) is 3.80. The second kappa shape index (κ2) is 9.62. The van der Waals surface area contributed by atoms with E-state index < -0.39 is 17.9 Å². The maximum absolute atomic E-state index is 14.5. The Morgan fingerprint density at radius 3 is 2.52 bits per heavy atom. The number of halogens is 4. The molecule has 1 amide bonds. The van der Waals surface area contributed by atoms with Crippen LogP contribution < -0.4 is 15.0 Å². The van der Waals surface area contributed by atoms with E-state index in [9.17, 15) is 22.4 Å². The molecule has 1 aliphatic carbocycles. The second-order valence-corrected chi connectivity index (χ2v) is 12.2. The van der Waals surface area contributed by atoms with Gasteiger partial charge in [-0.15, -0.1) is 0 Å². The fourth-order valence-electron chi connectivity index (χ4n) is 7.63. The number of ether oxygens (including phenoxy) is 1. The van der Waals surface area contributed by atoms with E-state index in [1.165, 1.54) is 6.07 Å².